The molecule has 0 fully saturated rings. The summed E-state index contributed by atoms with van der Waals surface area (Å²) in [6.45, 7) is 8.04. The van der Waals surface area contributed by atoms with Crippen molar-refractivity contribution in [2.24, 2.45) is 11.1 Å². The van der Waals surface area contributed by atoms with Gasteiger partial charge in [-0.15, -0.1) is 12.4 Å². The van der Waals surface area contributed by atoms with Gasteiger partial charge in [-0.05, 0) is 37.4 Å². The van der Waals surface area contributed by atoms with Gasteiger partial charge in [0.2, 0.25) is 5.91 Å². The van der Waals surface area contributed by atoms with Gasteiger partial charge in [-0.3, -0.25) is 9.59 Å². The van der Waals surface area contributed by atoms with Crippen molar-refractivity contribution in [3.05, 3.63) is 29.8 Å². The lowest BCUT2D eigenvalue weighted by atomic mass is 9.93. The first kappa shape index (κ1) is 24.2. The highest BCUT2D eigenvalue weighted by atomic mass is 35.5. The highest BCUT2D eigenvalue weighted by molar-refractivity contribution is 5.96. The lowest BCUT2D eigenvalue weighted by Gasteiger charge is -2.29. The van der Waals surface area contributed by atoms with E-state index in [2.05, 4.69) is 5.32 Å². The maximum absolute atomic E-state index is 12.2. The van der Waals surface area contributed by atoms with Crippen molar-refractivity contribution in [1.82, 2.24) is 10.2 Å². The van der Waals surface area contributed by atoms with Crippen LogP contribution in [0.25, 0.3) is 0 Å². The van der Waals surface area contributed by atoms with Crippen LogP contribution in [0.5, 0.6) is 5.75 Å². The Hall–Kier alpha value is -1.79. The van der Waals surface area contributed by atoms with Crippen LogP contribution in [0.2, 0.25) is 0 Å². The standard InChI is InChI=1S/C19H31N3O3.ClH/c1-5-25-16-10-7-6-9-15(16)18(24)21-12-8-11-17(23)22(4)14-19(2,3)13-20;/h6-7,9-10H,5,8,11-14,20H2,1-4H3,(H,21,24);1H. The maximum atomic E-state index is 12.2. The van der Waals surface area contributed by atoms with Crippen molar-refractivity contribution in [3.63, 3.8) is 0 Å². The number of amides is 2. The van der Waals surface area contributed by atoms with Crippen LogP contribution in [-0.4, -0.2) is 50.0 Å². The quantitative estimate of drug-likeness (QED) is 0.606. The van der Waals surface area contributed by atoms with Gasteiger partial charge in [0.25, 0.3) is 5.91 Å². The van der Waals surface area contributed by atoms with Crippen LogP contribution in [0.15, 0.2) is 24.3 Å². The van der Waals surface area contributed by atoms with E-state index in [1.807, 2.05) is 26.8 Å². The van der Waals surface area contributed by atoms with Gasteiger partial charge in [0.15, 0.2) is 0 Å². The number of benzene rings is 1. The number of halogens is 1. The molecule has 0 aromatic heterocycles. The molecule has 2 amide bonds. The molecule has 0 spiro atoms. The minimum Gasteiger partial charge on any atom is -0.493 e. The molecule has 26 heavy (non-hydrogen) atoms. The lowest BCUT2D eigenvalue weighted by Crippen LogP contribution is -2.40. The molecular weight excluding hydrogens is 354 g/mol. The van der Waals surface area contributed by atoms with Crippen molar-refractivity contribution in [2.45, 2.75) is 33.6 Å². The topological polar surface area (TPSA) is 84.7 Å². The molecular formula is C19H32ClN3O3. The maximum Gasteiger partial charge on any atom is 0.255 e. The van der Waals surface area contributed by atoms with Gasteiger partial charge in [0.05, 0.1) is 12.2 Å². The number of hydrogen-bond donors (Lipinski definition) is 2. The number of nitrogens with two attached hydrogens (primary N) is 1. The second kappa shape index (κ2) is 11.8. The Morgan fingerprint density at radius 2 is 1.92 bits per heavy atom. The minimum atomic E-state index is -0.186. The van der Waals surface area contributed by atoms with E-state index in [1.165, 1.54) is 0 Å². The second-order valence-corrected chi connectivity index (χ2v) is 6.91. The van der Waals surface area contributed by atoms with Crippen molar-refractivity contribution < 1.29 is 14.3 Å². The van der Waals surface area contributed by atoms with Crippen molar-refractivity contribution in [3.8, 4) is 5.75 Å². The highest BCUT2D eigenvalue weighted by Crippen LogP contribution is 2.18. The van der Waals surface area contributed by atoms with Crippen LogP contribution in [0, 0.1) is 5.41 Å². The molecule has 0 aliphatic rings. The summed E-state index contributed by atoms with van der Waals surface area (Å²) >= 11 is 0. The molecule has 1 rings (SSSR count). The minimum absolute atomic E-state index is 0. The average molecular weight is 386 g/mol. The second-order valence-electron chi connectivity index (χ2n) is 6.91. The van der Waals surface area contributed by atoms with E-state index in [1.54, 1.807) is 30.1 Å². The summed E-state index contributed by atoms with van der Waals surface area (Å²) in [5.41, 5.74) is 6.12. The molecule has 0 saturated heterocycles. The number of rotatable bonds is 10. The van der Waals surface area contributed by atoms with E-state index in [9.17, 15) is 9.59 Å². The summed E-state index contributed by atoms with van der Waals surface area (Å²) in [7, 11) is 1.79. The third-order valence-corrected chi connectivity index (χ3v) is 3.93. The molecule has 1 aromatic rings. The Morgan fingerprint density at radius 3 is 2.54 bits per heavy atom. The SMILES string of the molecule is CCOc1ccccc1C(=O)NCCCC(=O)N(C)CC(C)(C)CN.Cl. The summed E-state index contributed by atoms with van der Waals surface area (Å²) in [4.78, 5) is 26.1. The summed E-state index contributed by atoms with van der Waals surface area (Å²) in [6.07, 6.45) is 0.985. The van der Waals surface area contributed by atoms with Crippen LogP contribution >= 0.6 is 12.4 Å². The summed E-state index contributed by atoms with van der Waals surface area (Å²) in [5, 5.41) is 2.84. The molecule has 1 aromatic carbocycles. The number of ether oxygens (including phenoxy) is 1. The molecule has 0 heterocycles. The van der Waals surface area contributed by atoms with Crippen LogP contribution < -0.4 is 15.8 Å². The van der Waals surface area contributed by atoms with E-state index in [4.69, 9.17) is 10.5 Å². The molecule has 6 nitrogen and oxygen atoms in total. The number of para-hydroxylation sites is 1. The molecule has 0 aliphatic heterocycles. The fraction of sp³-hybridized carbons (Fsp3) is 0.579. The molecule has 3 N–H and O–H groups in total. The number of carbonyl (C=O) groups excluding carboxylic acids is 2. The highest BCUT2D eigenvalue weighted by Gasteiger charge is 2.20. The zero-order valence-electron chi connectivity index (χ0n) is 16.2. The van der Waals surface area contributed by atoms with Crippen LogP contribution in [0.3, 0.4) is 0 Å². The molecule has 0 saturated carbocycles. The third kappa shape index (κ3) is 8.06. The van der Waals surface area contributed by atoms with Gasteiger partial charge in [-0.1, -0.05) is 26.0 Å². The van der Waals surface area contributed by atoms with Crippen LogP contribution in [0.4, 0.5) is 0 Å². The van der Waals surface area contributed by atoms with Gasteiger partial charge in [-0.2, -0.15) is 0 Å². The predicted octanol–water partition coefficient (Wildman–Crippen LogP) is 2.46. The first-order valence-corrected chi connectivity index (χ1v) is 8.75. The molecule has 0 bridgehead atoms. The lowest BCUT2D eigenvalue weighted by molar-refractivity contribution is -0.131. The Labute approximate surface area is 162 Å². The monoisotopic (exact) mass is 385 g/mol. The summed E-state index contributed by atoms with van der Waals surface area (Å²) in [6, 6.07) is 7.14. The van der Waals surface area contributed by atoms with E-state index >= 15 is 0 Å². The Morgan fingerprint density at radius 1 is 1.27 bits per heavy atom. The van der Waals surface area contributed by atoms with Gasteiger partial charge >= 0.3 is 0 Å². The predicted molar refractivity (Wildman–Crippen MR) is 107 cm³/mol. The van der Waals surface area contributed by atoms with E-state index in [-0.39, 0.29) is 29.6 Å². The number of nitrogens with one attached hydrogen (secondary N) is 1. The molecule has 7 heteroatoms. The average Bonchev–Trinajstić information content (AvgIpc) is 2.58. The van der Waals surface area contributed by atoms with Crippen molar-refractivity contribution >= 4 is 24.2 Å². The van der Waals surface area contributed by atoms with Crippen LogP contribution in [-0.2, 0) is 4.79 Å². The zero-order chi connectivity index (χ0) is 18.9. The smallest absolute Gasteiger partial charge is 0.255 e. The molecule has 0 aliphatic carbocycles. The number of carbonyl (C=O) groups is 2. The third-order valence-electron chi connectivity index (χ3n) is 3.93. The van der Waals surface area contributed by atoms with Crippen molar-refractivity contribution in [1.29, 1.82) is 0 Å². The largest absolute Gasteiger partial charge is 0.493 e. The Kier molecular flexibility index (Phi) is 10.9. The first-order chi connectivity index (χ1) is 11.8. The fourth-order valence-electron chi connectivity index (χ4n) is 2.46. The summed E-state index contributed by atoms with van der Waals surface area (Å²) in [5.74, 6) is 0.446. The van der Waals surface area contributed by atoms with E-state index < -0.39 is 0 Å². The molecule has 0 unspecified atom stereocenters. The van der Waals surface area contributed by atoms with Gasteiger partial charge in [0.1, 0.15) is 5.75 Å². The normalized spacial score (nSPS) is 10.7. The Balaban J connectivity index is 0.00000625. The van der Waals surface area contributed by atoms with Gasteiger partial charge < -0.3 is 20.7 Å². The molecule has 148 valence electrons. The van der Waals surface area contributed by atoms with E-state index in [0.717, 1.165) is 0 Å². The zero-order valence-corrected chi connectivity index (χ0v) is 17.0. The number of nitrogens with zero attached hydrogens (tertiary/aromatic N) is 1. The van der Waals surface area contributed by atoms with Gasteiger partial charge in [-0.25, -0.2) is 0 Å². The van der Waals surface area contributed by atoms with Crippen molar-refractivity contribution in [2.75, 3.05) is 33.3 Å². The summed E-state index contributed by atoms with van der Waals surface area (Å²) < 4.78 is 5.46. The number of hydrogen-bond acceptors (Lipinski definition) is 4. The van der Waals surface area contributed by atoms with E-state index in [0.29, 0.717) is 50.4 Å². The fourth-order valence-corrected chi connectivity index (χ4v) is 2.46. The Bertz CT molecular complexity index is 579. The van der Waals surface area contributed by atoms with Gasteiger partial charge in [0, 0.05) is 26.6 Å². The molecule has 0 atom stereocenters. The van der Waals surface area contributed by atoms with Crippen LogP contribution in [0.1, 0.15) is 44.0 Å². The first-order valence-electron chi connectivity index (χ1n) is 8.75. The molecule has 0 radical (unpaired) electrons.